The molecule has 0 spiro atoms. The highest BCUT2D eigenvalue weighted by molar-refractivity contribution is 7.89. The van der Waals surface area contributed by atoms with Gasteiger partial charge in [-0.1, -0.05) is 38.1 Å². The Bertz CT molecular complexity index is 1000. The molecule has 2 aromatic carbocycles. The van der Waals surface area contributed by atoms with Crippen LogP contribution in [0.4, 0.5) is 0 Å². The summed E-state index contributed by atoms with van der Waals surface area (Å²) in [7, 11) is -0.771. The molecule has 0 saturated carbocycles. The van der Waals surface area contributed by atoms with E-state index < -0.39 is 10.0 Å². The second kappa shape index (κ2) is 9.06. The molecule has 0 aromatic heterocycles. The number of hydrogen-bond acceptors (Lipinski definition) is 5. The van der Waals surface area contributed by atoms with Crippen LogP contribution in [0.3, 0.4) is 0 Å². The number of likely N-dealkylation sites (N-methyl/N-ethyl adjacent to an activating group) is 2. The van der Waals surface area contributed by atoms with E-state index in [1.807, 2.05) is 12.1 Å². The van der Waals surface area contributed by atoms with E-state index in [9.17, 15) is 13.2 Å². The summed E-state index contributed by atoms with van der Waals surface area (Å²) in [6.45, 7) is 5.21. The molecule has 0 atom stereocenters. The molecule has 1 aliphatic heterocycles. The van der Waals surface area contributed by atoms with E-state index in [-0.39, 0.29) is 17.3 Å². The number of nitrogens with zero attached hydrogens (tertiary/aromatic N) is 2. The van der Waals surface area contributed by atoms with Gasteiger partial charge in [0.2, 0.25) is 15.9 Å². The van der Waals surface area contributed by atoms with Gasteiger partial charge in [-0.2, -0.15) is 4.31 Å². The van der Waals surface area contributed by atoms with Crippen LogP contribution in [-0.2, 0) is 21.4 Å². The first-order chi connectivity index (χ1) is 14.2. The lowest BCUT2D eigenvalue weighted by molar-refractivity contribution is -0.130. The zero-order valence-electron chi connectivity index (χ0n) is 17.8. The van der Waals surface area contributed by atoms with E-state index in [2.05, 4.69) is 26.0 Å². The Morgan fingerprint density at radius 3 is 2.27 bits per heavy atom. The molecule has 1 amide bonds. The summed E-state index contributed by atoms with van der Waals surface area (Å²) in [4.78, 5) is 14.2. The van der Waals surface area contributed by atoms with Crippen molar-refractivity contribution < 1.29 is 22.7 Å². The van der Waals surface area contributed by atoms with Crippen molar-refractivity contribution in [2.45, 2.75) is 31.2 Å². The number of amides is 1. The third-order valence-electron chi connectivity index (χ3n) is 5.07. The summed E-state index contributed by atoms with van der Waals surface area (Å²) in [5.74, 6) is 1.07. The van der Waals surface area contributed by atoms with Crippen LogP contribution in [-0.4, -0.2) is 57.4 Å². The molecule has 0 fully saturated rings. The van der Waals surface area contributed by atoms with Crippen LogP contribution in [0.2, 0.25) is 0 Å². The molecule has 3 rings (SSSR count). The molecule has 2 aromatic rings. The van der Waals surface area contributed by atoms with Gasteiger partial charge in [0.1, 0.15) is 13.2 Å². The summed E-state index contributed by atoms with van der Waals surface area (Å²) in [5.41, 5.74) is 2.23. The highest BCUT2D eigenvalue weighted by atomic mass is 32.2. The molecule has 0 unspecified atom stereocenters. The minimum atomic E-state index is -3.84. The van der Waals surface area contributed by atoms with Gasteiger partial charge in [-0.05, 0) is 29.2 Å². The van der Waals surface area contributed by atoms with Crippen LogP contribution < -0.4 is 9.47 Å². The lowest BCUT2D eigenvalue weighted by Crippen LogP contribution is -2.39. The number of carbonyl (C=O) groups is 1. The van der Waals surface area contributed by atoms with Crippen LogP contribution in [0.1, 0.15) is 30.9 Å². The van der Waals surface area contributed by atoms with Crippen LogP contribution in [0.5, 0.6) is 11.5 Å². The van der Waals surface area contributed by atoms with Crippen molar-refractivity contribution in [3.05, 3.63) is 53.6 Å². The van der Waals surface area contributed by atoms with Crippen LogP contribution in [0, 0.1) is 0 Å². The normalized spacial score (nSPS) is 13.5. The first-order valence-electron chi connectivity index (χ1n) is 9.87. The van der Waals surface area contributed by atoms with Crippen molar-refractivity contribution >= 4 is 15.9 Å². The topological polar surface area (TPSA) is 76.2 Å². The Labute approximate surface area is 178 Å². The maximum absolute atomic E-state index is 12.9. The molecule has 0 radical (unpaired) electrons. The van der Waals surface area contributed by atoms with E-state index in [0.717, 1.165) is 9.87 Å². The standard InChI is InChI=1S/C22H28N2O5S/c1-16(2)18-7-5-17(6-8-18)14-23(3)22(25)15-24(4)30(26,27)19-9-10-20-21(13-19)29-12-11-28-20/h5-10,13,16H,11-12,14-15H2,1-4H3. The minimum absolute atomic E-state index is 0.0639. The Morgan fingerprint density at radius 1 is 1.00 bits per heavy atom. The number of benzene rings is 2. The first kappa shape index (κ1) is 22.1. The molecule has 7 nitrogen and oxygen atoms in total. The van der Waals surface area contributed by atoms with E-state index in [0.29, 0.717) is 37.2 Å². The monoisotopic (exact) mass is 432 g/mol. The number of rotatable bonds is 7. The lowest BCUT2D eigenvalue weighted by atomic mass is 10.0. The fourth-order valence-corrected chi connectivity index (χ4v) is 4.27. The summed E-state index contributed by atoms with van der Waals surface area (Å²) < 4.78 is 37.7. The number of fused-ring (bicyclic) bond motifs is 1. The molecule has 0 N–H and O–H groups in total. The fourth-order valence-electron chi connectivity index (χ4n) is 3.13. The average molecular weight is 433 g/mol. The second-order valence-electron chi connectivity index (χ2n) is 7.71. The molecule has 30 heavy (non-hydrogen) atoms. The number of hydrogen-bond donors (Lipinski definition) is 0. The molecule has 0 bridgehead atoms. The van der Waals surface area contributed by atoms with Crippen LogP contribution >= 0.6 is 0 Å². The molecule has 1 aliphatic rings. The fraction of sp³-hybridized carbons (Fsp3) is 0.409. The summed E-state index contributed by atoms with van der Waals surface area (Å²) >= 11 is 0. The third kappa shape index (κ3) is 4.94. The molecule has 0 saturated heterocycles. The maximum Gasteiger partial charge on any atom is 0.243 e. The van der Waals surface area contributed by atoms with Crippen molar-refractivity contribution in [3.63, 3.8) is 0 Å². The van der Waals surface area contributed by atoms with Gasteiger partial charge in [0.15, 0.2) is 11.5 Å². The quantitative estimate of drug-likeness (QED) is 0.673. The van der Waals surface area contributed by atoms with Gasteiger partial charge in [0, 0.05) is 26.7 Å². The third-order valence-corrected chi connectivity index (χ3v) is 6.87. The van der Waals surface area contributed by atoms with Crippen molar-refractivity contribution in [2.24, 2.45) is 0 Å². The summed E-state index contributed by atoms with van der Waals surface area (Å²) in [6, 6.07) is 12.6. The van der Waals surface area contributed by atoms with Crippen molar-refractivity contribution in [1.29, 1.82) is 0 Å². The predicted octanol–water partition coefficient (Wildman–Crippen LogP) is 2.86. The predicted molar refractivity (Wildman–Crippen MR) is 114 cm³/mol. The number of sulfonamides is 1. The van der Waals surface area contributed by atoms with Crippen LogP contribution in [0.25, 0.3) is 0 Å². The number of carbonyl (C=O) groups excluding carboxylic acids is 1. The average Bonchev–Trinajstić information content (AvgIpc) is 2.73. The van der Waals surface area contributed by atoms with Crippen molar-refractivity contribution in [3.8, 4) is 11.5 Å². The Hall–Kier alpha value is -2.58. The van der Waals surface area contributed by atoms with Crippen molar-refractivity contribution in [2.75, 3.05) is 33.9 Å². The van der Waals surface area contributed by atoms with E-state index in [4.69, 9.17) is 9.47 Å². The number of ether oxygens (including phenoxy) is 2. The summed E-state index contributed by atoms with van der Waals surface area (Å²) in [5, 5.41) is 0. The van der Waals surface area contributed by atoms with E-state index >= 15 is 0 Å². The lowest BCUT2D eigenvalue weighted by Gasteiger charge is -2.23. The smallest absolute Gasteiger partial charge is 0.243 e. The zero-order chi connectivity index (χ0) is 21.9. The summed E-state index contributed by atoms with van der Waals surface area (Å²) in [6.07, 6.45) is 0. The Balaban J connectivity index is 1.65. The van der Waals surface area contributed by atoms with Gasteiger partial charge < -0.3 is 14.4 Å². The van der Waals surface area contributed by atoms with Gasteiger partial charge in [0.05, 0.1) is 11.4 Å². The molecular formula is C22H28N2O5S. The molecule has 0 aliphatic carbocycles. The highest BCUT2D eigenvalue weighted by Gasteiger charge is 2.26. The molecule has 162 valence electrons. The van der Waals surface area contributed by atoms with Gasteiger partial charge in [-0.25, -0.2) is 8.42 Å². The van der Waals surface area contributed by atoms with Gasteiger partial charge >= 0.3 is 0 Å². The minimum Gasteiger partial charge on any atom is -0.486 e. The Morgan fingerprint density at radius 2 is 1.63 bits per heavy atom. The highest BCUT2D eigenvalue weighted by Crippen LogP contribution is 2.33. The maximum atomic E-state index is 12.9. The Kier molecular flexibility index (Phi) is 6.67. The molecular weight excluding hydrogens is 404 g/mol. The van der Waals surface area contributed by atoms with Gasteiger partial charge in [-0.15, -0.1) is 0 Å². The van der Waals surface area contributed by atoms with Gasteiger partial charge in [0.25, 0.3) is 0 Å². The van der Waals surface area contributed by atoms with E-state index in [1.54, 1.807) is 13.1 Å². The first-order valence-corrected chi connectivity index (χ1v) is 11.3. The molecule has 1 heterocycles. The largest absolute Gasteiger partial charge is 0.486 e. The SMILES string of the molecule is CC(C)c1ccc(CN(C)C(=O)CN(C)S(=O)(=O)c2ccc3c(c2)OCCO3)cc1. The second-order valence-corrected chi connectivity index (χ2v) is 9.76. The van der Waals surface area contributed by atoms with E-state index in [1.165, 1.54) is 29.6 Å². The zero-order valence-corrected chi connectivity index (χ0v) is 18.6. The van der Waals surface area contributed by atoms with Crippen LogP contribution in [0.15, 0.2) is 47.4 Å². The van der Waals surface area contributed by atoms with Crippen molar-refractivity contribution in [1.82, 2.24) is 9.21 Å². The van der Waals surface area contributed by atoms with Gasteiger partial charge in [-0.3, -0.25) is 4.79 Å². The molecule has 8 heteroatoms.